The Balaban J connectivity index is 1.76. The third-order valence-corrected chi connectivity index (χ3v) is 5.19. The molecule has 0 aromatic heterocycles. The Morgan fingerprint density at radius 1 is 1.16 bits per heavy atom. The van der Waals surface area contributed by atoms with E-state index in [-0.39, 0.29) is 0 Å². The summed E-state index contributed by atoms with van der Waals surface area (Å²) in [7, 11) is 2.26. The minimum atomic E-state index is 0.730. The Labute approximate surface area is 119 Å². The van der Waals surface area contributed by atoms with Crippen molar-refractivity contribution in [2.24, 2.45) is 5.92 Å². The molecule has 19 heavy (non-hydrogen) atoms. The van der Waals surface area contributed by atoms with Gasteiger partial charge in [-0.05, 0) is 65.2 Å². The van der Waals surface area contributed by atoms with Gasteiger partial charge in [-0.2, -0.15) is 0 Å². The zero-order valence-electron chi connectivity index (χ0n) is 13.4. The molecule has 2 aliphatic rings. The second kappa shape index (κ2) is 7.05. The van der Waals surface area contributed by atoms with Gasteiger partial charge in [0, 0.05) is 24.7 Å². The molecule has 2 rings (SSSR count). The highest BCUT2D eigenvalue weighted by molar-refractivity contribution is 4.89. The van der Waals surface area contributed by atoms with E-state index < -0.39 is 0 Å². The van der Waals surface area contributed by atoms with E-state index in [1.54, 1.807) is 0 Å². The van der Waals surface area contributed by atoms with E-state index in [2.05, 4.69) is 42.9 Å². The molecule has 0 aromatic carbocycles. The molecule has 0 bridgehead atoms. The SMILES string of the molecule is CCCN1CCC(NC2CC(C)N(C)CC2C)CC1. The van der Waals surface area contributed by atoms with Crippen molar-refractivity contribution < 1.29 is 0 Å². The number of hydrogen-bond acceptors (Lipinski definition) is 3. The molecule has 2 saturated heterocycles. The molecule has 0 radical (unpaired) electrons. The number of nitrogens with one attached hydrogen (secondary N) is 1. The van der Waals surface area contributed by atoms with Crippen LogP contribution in [0.25, 0.3) is 0 Å². The minimum Gasteiger partial charge on any atom is -0.311 e. The predicted molar refractivity (Wildman–Crippen MR) is 82.5 cm³/mol. The van der Waals surface area contributed by atoms with Crippen LogP contribution in [0.5, 0.6) is 0 Å². The number of rotatable bonds is 4. The largest absolute Gasteiger partial charge is 0.311 e. The molecule has 0 amide bonds. The van der Waals surface area contributed by atoms with Crippen LogP contribution < -0.4 is 5.32 Å². The Kier molecular flexibility index (Phi) is 5.67. The van der Waals surface area contributed by atoms with Gasteiger partial charge in [0.1, 0.15) is 0 Å². The number of hydrogen-bond donors (Lipinski definition) is 1. The van der Waals surface area contributed by atoms with Gasteiger partial charge in [0.05, 0.1) is 0 Å². The lowest BCUT2D eigenvalue weighted by Gasteiger charge is -2.43. The van der Waals surface area contributed by atoms with Crippen molar-refractivity contribution in [1.82, 2.24) is 15.1 Å². The van der Waals surface area contributed by atoms with Gasteiger partial charge < -0.3 is 15.1 Å². The van der Waals surface area contributed by atoms with E-state index in [0.29, 0.717) is 0 Å². The van der Waals surface area contributed by atoms with E-state index in [9.17, 15) is 0 Å². The van der Waals surface area contributed by atoms with Crippen LogP contribution >= 0.6 is 0 Å². The van der Waals surface area contributed by atoms with Crippen LogP contribution in [0.15, 0.2) is 0 Å². The zero-order valence-corrected chi connectivity index (χ0v) is 13.4. The van der Waals surface area contributed by atoms with Crippen LogP contribution in [0.4, 0.5) is 0 Å². The molecule has 2 aliphatic heterocycles. The van der Waals surface area contributed by atoms with Crippen molar-refractivity contribution in [2.45, 2.75) is 64.6 Å². The van der Waals surface area contributed by atoms with Crippen molar-refractivity contribution in [2.75, 3.05) is 33.2 Å². The van der Waals surface area contributed by atoms with E-state index in [0.717, 1.165) is 24.0 Å². The molecule has 2 fully saturated rings. The third-order valence-electron chi connectivity index (χ3n) is 5.19. The fourth-order valence-corrected chi connectivity index (χ4v) is 3.72. The normalized spacial score (nSPS) is 35.7. The van der Waals surface area contributed by atoms with Gasteiger partial charge in [-0.15, -0.1) is 0 Å². The number of likely N-dealkylation sites (tertiary alicyclic amines) is 2. The standard InChI is InChI=1S/C16H33N3/c1-5-8-19-9-6-15(7-10-19)17-16-11-14(3)18(4)12-13(16)2/h13-17H,5-12H2,1-4H3. The first kappa shape index (κ1) is 15.3. The molecule has 3 nitrogen and oxygen atoms in total. The third kappa shape index (κ3) is 4.17. The molecule has 0 aromatic rings. The summed E-state index contributed by atoms with van der Waals surface area (Å²) in [5.41, 5.74) is 0. The second-order valence-electron chi connectivity index (χ2n) is 6.89. The monoisotopic (exact) mass is 267 g/mol. The summed E-state index contributed by atoms with van der Waals surface area (Å²) in [6, 6.07) is 2.22. The van der Waals surface area contributed by atoms with E-state index >= 15 is 0 Å². The fourth-order valence-electron chi connectivity index (χ4n) is 3.72. The van der Waals surface area contributed by atoms with Crippen LogP contribution in [0, 0.1) is 5.92 Å². The van der Waals surface area contributed by atoms with Gasteiger partial charge in [0.15, 0.2) is 0 Å². The van der Waals surface area contributed by atoms with Gasteiger partial charge in [-0.3, -0.25) is 0 Å². The van der Waals surface area contributed by atoms with Gasteiger partial charge >= 0.3 is 0 Å². The molecule has 2 heterocycles. The maximum Gasteiger partial charge on any atom is 0.0122 e. The maximum absolute atomic E-state index is 3.97. The van der Waals surface area contributed by atoms with E-state index in [1.165, 1.54) is 51.9 Å². The van der Waals surface area contributed by atoms with Crippen molar-refractivity contribution in [3.63, 3.8) is 0 Å². The highest BCUT2D eigenvalue weighted by Crippen LogP contribution is 2.22. The van der Waals surface area contributed by atoms with Crippen LogP contribution in [0.3, 0.4) is 0 Å². The smallest absolute Gasteiger partial charge is 0.0122 e. The molecule has 0 spiro atoms. The molecule has 112 valence electrons. The molecular weight excluding hydrogens is 234 g/mol. The van der Waals surface area contributed by atoms with Crippen LogP contribution in [0.1, 0.15) is 46.5 Å². The Hall–Kier alpha value is -0.120. The summed E-state index contributed by atoms with van der Waals surface area (Å²) in [4.78, 5) is 5.13. The first-order valence-corrected chi connectivity index (χ1v) is 8.28. The average Bonchev–Trinajstić information content (AvgIpc) is 2.38. The van der Waals surface area contributed by atoms with E-state index in [4.69, 9.17) is 0 Å². The summed E-state index contributed by atoms with van der Waals surface area (Å²) in [6.45, 7) is 12.2. The molecule has 3 atom stereocenters. The molecule has 3 unspecified atom stereocenters. The Morgan fingerprint density at radius 2 is 1.84 bits per heavy atom. The van der Waals surface area contributed by atoms with E-state index in [1.807, 2.05) is 0 Å². The zero-order chi connectivity index (χ0) is 13.8. The van der Waals surface area contributed by atoms with Crippen molar-refractivity contribution >= 4 is 0 Å². The maximum atomic E-state index is 3.97. The topological polar surface area (TPSA) is 18.5 Å². The predicted octanol–water partition coefficient (Wildman–Crippen LogP) is 2.18. The summed E-state index contributed by atoms with van der Waals surface area (Å²) < 4.78 is 0. The average molecular weight is 267 g/mol. The summed E-state index contributed by atoms with van der Waals surface area (Å²) >= 11 is 0. The first-order valence-electron chi connectivity index (χ1n) is 8.28. The lowest BCUT2D eigenvalue weighted by molar-refractivity contribution is 0.104. The quantitative estimate of drug-likeness (QED) is 0.842. The second-order valence-corrected chi connectivity index (χ2v) is 6.89. The lowest BCUT2D eigenvalue weighted by atomic mass is 9.88. The van der Waals surface area contributed by atoms with Gasteiger partial charge in [-0.25, -0.2) is 0 Å². The molecule has 0 saturated carbocycles. The van der Waals surface area contributed by atoms with Gasteiger partial charge in [-0.1, -0.05) is 13.8 Å². The van der Waals surface area contributed by atoms with Crippen LogP contribution in [-0.2, 0) is 0 Å². The van der Waals surface area contributed by atoms with Gasteiger partial charge in [0.2, 0.25) is 0 Å². The number of nitrogens with zero attached hydrogens (tertiary/aromatic N) is 2. The highest BCUT2D eigenvalue weighted by Gasteiger charge is 2.31. The number of piperidine rings is 2. The summed E-state index contributed by atoms with van der Waals surface area (Å²) in [5, 5.41) is 3.97. The molecule has 1 N–H and O–H groups in total. The van der Waals surface area contributed by atoms with Crippen LogP contribution in [0.2, 0.25) is 0 Å². The minimum absolute atomic E-state index is 0.730. The van der Waals surface area contributed by atoms with Crippen molar-refractivity contribution in [1.29, 1.82) is 0 Å². The van der Waals surface area contributed by atoms with Gasteiger partial charge in [0.25, 0.3) is 0 Å². The summed E-state index contributed by atoms with van der Waals surface area (Å²) in [6.07, 6.45) is 5.29. The Morgan fingerprint density at radius 3 is 2.47 bits per heavy atom. The molecular formula is C16H33N3. The van der Waals surface area contributed by atoms with Crippen LogP contribution in [-0.4, -0.2) is 61.2 Å². The fraction of sp³-hybridized carbons (Fsp3) is 1.00. The highest BCUT2D eigenvalue weighted by atomic mass is 15.2. The molecule has 3 heteroatoms. The lowest BCUT2D eigenvalue weighted by Crippen LogP contribution is -2.55. The van der Waals surface area contributed by atoms with Crippen molar-refractivity contribution in [3.05, 3.63) is 0 Å². The summed E-state index contributed by atoms with van der Waals surface area (Å²) in [5.74, 6) is 0.787. The van der Waals surface area contributed by atoms with Crippen molar-refractivity contribution in [3.8, 4) is 0 Å². The Bertz CT molecular complexity index is 261. The first-order chi connectivity index (χ1) is 9.10. The molecule has 0 aliphatic carbocycles.